The Morgan fingerprint density at radius 2 is 1.80 bits per heavy atom. The number of hydrogen-bond donors (Lipinski definition) is 0. The van der Waals surface area contributed by atoms with Crippen LogP contribution in [0.25, 0.3) is 22.5 Å². The van der Waals surface area contributed by atoms with E-state index in [2.05, 4.69) is 5.10 Å². The summed E-state index contributed by atoms with van der Waals surface area (Å²) < 4.78 is 51.2. The molecule has 5 rings (SSSR count). The van der Waals surface area contributed by atoms with E-state index in [1.807, 2.05) is 4.90 Å². The van der Waals surface area contributed by atoms with Crippen LogP contribution in [0.5, 0.6) is 5.75 Å². The van der Waals surface area contributed by atoms with E-state index in [1.54, 1.807) is 0 Å². The molecule has 0 bridgehead atoms. The molecule has 1 aliphatic heterocycles. The van der Waals surface area contributed by atoms with Gasteiger partial charge in [0.15, 0.2) is 17.4 Å². The lowest BCUT2D eigenvalue weighted by Gasteiger charge is -2.17. The van der Waals surface area contributed by atoms with Gasteiger partial charge in [0.1, 0.15) is 11.6 Å². The molecule has 0 spiro atoms. The van der Waals surface area contributed by atoms with Crippen molar-refractivity contribution in [2.45, 2.75) is 25.8 Å². The number of ether oxygens (including phenoxy) is 1. The molecule has 184 valence electrons. The average molecular weight is 486 g/mol. The van der Waals surface area contributed by atoms with E-state index in [0.717, 1.165) is 42.1 Å². The predicted molar refractivity (Wildman–Crippen MR) is 122 cm³/mol. The van der Waals surface area contributed by atoms with Gasteiger partial charge in [0, 0.05) is 44.2 Å². The minimum atomic E-state index is -0.766. The van der Waals surface area contributed by atoms with Gasteiger partial charge in [0.2, 0.25) is 5.91 Å². The smallest absolute Gasteiger partial charge is 0.345 e. The summed E-state index contributed by atoms with van der Waals surface area (Å²) in [4.78, 5) is 27.0. The van der Waals surface area contributed by atoms with Crippen LogP contribution < -0.4 is 10.4 Å². The van der Waals surface area contributed by atoms with Crippen molar-refractivity contribution in [1.29, 1.82) is 0 Å². The van der Waals surface area contributed by atoms with Gasteiger partial charge in [0.25, 0.3) is 0 Å². The Morgan fingerprint density at radius 3 is 2.49 bits per heavy atom. The number of benzene rings is 2. The summed E-state index contributed by atoms with van der Waals surface area (Å²) >= 11 is 0. The fourth-order valence-electron chi connectivity index (χ4n) is 4.67. The molecule has 0 N–H and O–H groups in total. The first-order chi connectivity index (χ1) is 16.8. The third-order valence-corrected chi connectivity index (χ3v) is 6.74. The zero-order valence-corrected chi connectivity index (χ0v) is 19.4. The van der Waals surface area contributed by atoms with Crippen molar-refractivity contribution in [2.75, 3.05) is 20.2 Å². The third-order valence-electron chi connectivity index (χ3n) is 6.74. The molecule has 2 aromatic carbocycles. The highest BCUT2D eigenvalue weighted by molar-refractivity contribution is 5.81. The maximum atomic E-state index is 15.2. The van der Waals surface area contributed by atoms with Gasteiger partial charge in [-0.05, 0) is 48.9 Å². The summed E-state index contributed by atoms with van der Waals surface area (Å²) in [5, 5.41) is 4.23. The van der Waals surface area contributed by atoms with E-state index in [4.69, 9.17) is 4.74 Å². The van der Waals surface area contributed by atoms with Crippen LogP contribution in [0.3, 0.4) is 0 Å². The van der Waals surface area contributed by atoms with E-state index >= 15 is 4.39 Å². The highest BCUT2D eigenvalue weighted by Crippen LogP contribution is 2.34. The van der Waals surface area contributed by atoms with Gasteiger partial charge >= 0.3 is 5.69 Å². The van der Waals surface area contributed by atoms with Crippen molar-refractivity contribution in [1.82, 2.24) is 19.2 Å². The molecule has 2 fully saturated rings. The molecule has 1 unspecified atom stereocenters. The first kappa shape index (κ1) is 23.2. The largest absolute Gasteiger partial charge is 0.494 e. The summed E-state index contributed by atoms with van der Waals surface area (Å²) in [6.07, 6.45) is 2.63. The lowest BCUT2D eigenvalue weighted by atomic mass is 10.0. The predicted octanol–water partition coefficient (Wildman–Crippen LogP) is 3.60. The molecule has 1 saturated heterocycles. The van der Waals surface area contributed by atoms with Gasteiger partial charge in [-0.25, -0.2) is 22.6 Å². The molecule has 1 saturated carbocycles. The van der Waals surface area contributed by atoms with Crippen molar-refractivity contribution < 1.29 is 22.7 Å². The maximum absolute atomic E-state index is 15.2. The highest BCUT2D eigenvalue weighted by Gasteiger charge is 2.37. The Balaban J connectivity index is 1.43. The summed E-state index contributed by atoms with van der Waals surface area (Å²) in [6, 6.07) is 5.81. The van der Waals surface area contributed by atoms with E-state index in [1.165, 1.54) is 30.9 Å². The summed E-state index contributed by atoms with van der Waals surface area (Å²) in [6.45, 7) is 1.51. The molecular formula is C25H25F3N4O3. The second-order valence-corrected chi connectivity index (χ2v) is 9.21. The number of hydrogen-bond acceptors (Lipinski definition) is 4. The molecule has 0 radical (unpaired) electrons. The van der Waals surface area contributed by atoms with Crippen LogP contribution in [-0.4, -0.2) is 45.4 Å². The Hall–Kier alpha value is -3.56. The van der Waals surface area contributed by atoms with Crippen molar-refractivity contribution in [3.8, 4) is 28.3 Å². The van der Waals surface area contributed by atoms with Gasteiger partial charge in [-0.15, -0.1) is 5.10 Å². The van der Waals surface area contributed by atoms with Crippen LogP contribution in [-0.2, 0) is 18.4 Å². The molecule has 2 aliphatic rings. The van der Waals surface area contributed by atoms with Crippen LogP contribution in [0, 0.1) is 29.3 Å². The van der Waals surface area contributed by atoms with Gasteiger partial charge in [-0.3, -0.25) is 9.36 Å². The van der Waals surface area contributed by atoms with Crippen molar-refractivity contribution >= 4 is 5.91 Å². The van der Waals surface area contributed by atoms with Gasteiger partial charge in [-0.1, -0.05) is 6.07 Å². The number of nitrogens with zero attached hydrogens (tertiary/aromatic N) is 4. The zero-order chi connectivity index (χ0) is 24.9. The number of likely N-dealkylation sites (tertiary alicyclic amines) is 1. The second-order valence-electron chi connectivity index (χ2n) is 9.21. The molecule has 1 amide bonds. The first-order valence-corrected chi connectivity index (χ1v) is 11.5. The number of carbonyl (C=O) groups excluding carboxylic acids is 1. The molecule has 1 aliphatic carbocycles. The fraction of sp³-hybridized carbons (Fsp3) is 0.400. The Kier molecular flexibility index (Phi) is 5.90. The number of carbonyl (C=O) groups is 1. The molecule has 7 nitrogen and oxygen atoms in total. The molecule has 35 heavy (non-hydrogen) atoms. The topological polar surface area (TPSA) is 69.4 Å². The quantitative estimate of drug-likeness (QED) is 0.534. The number of amides is 1. The SMILES string of the molecule is COc1cc(F)c(-c2ccc(-c3nn(C)c(=O)n3CC3CCN(C(=O)C4CC4)C3)c(F)c2)cc1F. The Morgan fingerprint density at radius 1 is 1.06 bits per heavy atom. The normalized spacial score (nSPS) is 17.7. The first-order valence-electron chi connectivity index (χ1n) is 11.5. The minimum absolute atomic E-state index is 0.0528. The third kappa shape index (κ3) is 4.33. The number of aryl methyl sites for hydroxylation is 1. The highest BCUT2D eigenvalue weighted by atomic mass is 19.1. The molecule has 3 aromatic rings. The standard InChI is InChI=1S/C25H25F3N4O3/c1-30-25(34)32(13-14-7-8-31(12-14)24(33)15-3-4-15)23(29-30)17-6-5-16(9-19(17)26)18-10-21(28)22(35-2)11-20(18)27/h5-6,9-11,14-15H,3-4,7-8,12-13H2,1-2H3. The molecule has 1 atom stereocenters. The average Bonchev–Trinajstić information content (AvgIpc) is 3.53. The van der Waals surface area contributed by atoms with Crippen LogP contribution in [0.2, 0.25) is 0 Å². The Labute approximate surface area is 199 Å². The number of methoxy groups -OCH3 is 1. The number of halogens is 3. The van der Waals surface area contributed by atoms with Gasteiger partial charge in [-0.2, -0.15) is 0 Å². The maximum Gasteiger partial charge on any atom is 0.345 e. The zero-order valence-electron chi connectivity index (χ0n) is 19.4. The Bertz CT molecular complexity index is 1360. The van der Waals surface area contributed by atoms with Crippen LogP contribution in [0.15, 0.2) is 35.1 Å². The van der Waals surface area contributed by atoms with Crippen LogP contribution >= 0.6 is 0 Å². The van der Waals surface area contributed by atoms with Crippen LogP contribution in [0.1, 0.15) is 19.3 Å². The van der Waals surface area contributed by atoms with E-state index in [0.29, 0.717) is 19.6 Å². The summed E-state index contributed by atoms with van der Waals surface area (Å²) in [7, 11) is 2.72. The van der Waals surface area contributed by atoms with Gasteiger partial charge in [0.05, 0.1) is 12.7 Å². The molecular weight excluding hydrogens is 461 g/mol. The molecule has 1 aromatic heterocycles. The molecule has 10 heteroatoms. The summed E-state index contributed by atoms with van der Waals surface area (Å²) in [5.41, 5.74) is -0.290. The van der Waals surface area contributed by atoms with Crippen molar-refractivity contribution in [3.05, 3.63) is 58.3 Å². The fourth-order valence-corrected chi connectivity index (χ4v) is 4.67. The number of rotatable bonds is 6. The van der Waals surface area contributed by atoms with Crippen molar-refractivity contribution in [3.63, 3.8) is 0 Å². The molecule has 2 heterocycles. The van der Waals surface area contributed by atoms with E-state index in [-0.39, 0.29) is 46.0 Å². The lowest BCUT2D eigenvalue weighted by Crippen LogP contribution is -2.31. The van der Waals surface area contributed by atoms with Crippen molar-refractivity contribution in [2.24, 2.45) is 18.9 Å². The summed E-state index contributed by atoms with van der Waals surface area (Å²) in [5.74, 6) is -1.97. The monoisotopic (exact) mass is 486 g/mol. The van der Waals surface area contributed by atoms with Crippen LogP contribution in [0.4, 0.5) is 13.2 Å². The second kappa shape index (κ2) is 8.90. The van der Waals surface area contributed by atoms with Gasteiger partial charge < -0.3 is 9.64 Å². The van der Waals surface area contributed by atoms with E-state index < -0.39 is 23.1 Å². The lowest BCUT2D eigenvalue weighted by molar-refractivity contribution is -0.131. The van der Waals surface area contributed by atoms with E-state index in [9.17, 15) is 18.4 Å². The number of aromatic nitrogens is 3. The minimum Gasteiger partial charge on any atom is -0.494 e.